The van der Waals surface area contributed by atoms with Gasteiger partial charge in [-0.1, -0.05) is 36.8 Å². The van der Waals surface area contributed by atoms with Crippen molar-refractivity contribution < 1.29 is 0 Å². The van der Waals surface area contributed by atoms with Crippen molar-refractivity contribution in [1.82, 2.24) is 20.2 Å². The Kier molecular flexibility index (Phi) is 5.90. The third-order valence-electron chi connectivity index (χ3n) is 3.66. The first kappa shape index (κ1) is 15.7. The predicted octanol–water partition coefficient (Wildman–Crippen LogP) is 2.00. The van der Waals surface area contributed by atoms with Gasteiger partial charge in [-0.25, -0.2) is 4.98 Å². The Morgan fingerprint density at radius 2 is 2.24 bits per heavy atom. The lowest BCUT2D eigenvalue weighted by molar-refractivity contribution is 0.461. The Balaban J connectivity index is 1.92. The van der Waals surface area contributed by atoms with Crippen molar-refractivity contribution in [3.8, 4) is 0 Å². The van der Waals surface area contributed by atoms with Crippen LogP contribution >= 0.6 is 0 Å². The van der Waals surface area contributed by atoms with Crippen molar-refractivity contribution in [3.63, 3.8) is 0 Å². The van der Waals surface area contributed by atoms with Crippen LogP contribution in [0.5, 0.6) is 0 Å². The van der Waals surface area contributed by atoms with E-state index in [1.807, 2.05) is 4.68 Å². The lowest BCUT2D eigenvalue weighted by Crippen LogP contribution is -2.38. The summed E-state index contributed by atoms with van der Waals surface area (Å²) in [7, 11) is 0. The summed E-state index contributed by atoms with van der Waals surface area (Å²) >= 11 is 0. The summed E-state index contributed by atoms with van der Waals surface area (Å²) in [6.07, 6.45) is 5.49. The summed E-state index contributed by atoms with van der Waals surface area (Å²) in [5.41, 5.74) is 5.56. The molecule has 0 aliphatic carbocycles. The van der Waals surface area contributed by atoms with E-state index in [0.29, 0.717) is 0 Å². The number of aryl methyl sites for hydroxylation is 3. The van der Waals surface area contributed by atoms with Gasteiger partial charge in [0.15, 0.2) is 0 Å². The number of nitrogens with zero attached hydrogens (tertiary/aromatic N) is 3. The number of benzene rings is 1. The van der Waals surface area contributed by atoms with Crippen molar-refractivity contribution in [2.75, 3.05) is 0 Å². The molecular weight excluding hydrogens is 262 g/mol. The van der Waals surface area contributed by atoms with Crippen LogP contribution in [0.25, 0.3) is 0 Å². The fourth-order valence-corrected chi connectivity index (χ4v) is 2.52. The molecule has 0 bridgehead atoms. The van der Waals surface area contributed by atoms with Gasteiger partial charge in [0.25, 0.3) is 0 Å². The van der Waals surface area contributed by atoms with Crippen molar-refractivity contribution in [2.45, 2.75) is 52.1 Å². The van der Waals surface area contributed by atoms with Gasteiger partial charge in [0.05, 0.1) is 0 Å². The SMILES string of the molecule is CCCn1ncnc1CC(CCc1cccc(C)c1)NN. The fraction of sp³-hybridized carbons (Fsp3) is 0.500. The molecule has 114 valence electrons. The molecule has 1 aromatic heterocycles. The van der Waals surface area contributed by atoms with E-state index in [4.69, 9.17) is 5.84 Å². The zero-order valence-corrected chi connectivity index (χ0v) is 12.9. The van der Waals surface area contributed by atoms with Crippen LogP contribution in [0.4, 0.5) is 0 Å². The average molecular weight is 287 g/mol. The summed E-state index contributed by atoms with van der Waals surface area (Å²) in [5.74, 6) is 6.70. The average Bonchev–Trinajstić information content (AvgIpc) is 2.91. The molecular formula is C16H25N5. The van der Waals surface area contributed by atoms with Crippen LogP contribution in [-0.2, 0) is 19.4 Å². The molecule has 1 heterocycles. The molecule has 0 spiro atoms. The first-order valence-corrected chi connectivity index (χ1v) is 7.61. The van der Waals surface area contributed by atoms with Crippen LogP contribution in [0.15, 0.2) is 30.6 Å². The van der Waals surface area contributed by atoms with Gasteiger partial charge >= 0.3 is 0 Å². The van der Waals surface area contributed by atoms with E-state index in [2.05, 4.69) is 53.6 Å². The van der Waals surface area contributed by atoms with E-state index in [0.717, 1.165) is 38.1 Å². The maximum atomic E-state index is 5.70. The van der Waals surface area contributed by atoms with E-state index in [1.54, 1.807) is 6.33 Å². The normalized spacial score (nSPS) is 12.5. The Labute approximate surface area is 126 Å². The van der Waals surface area contributed by atoms with Crippen LogP contribution < -0.4 is 11.3 Å². The zero-order valence-electron chi connectivity index (χ0n) is 12.9. The van der Waals surface area contributed by atoms with Gasteiger partial charge in [0.2, 0.25) is 0 Å². The second-order valence-corrected chi connectivity index (χ2v) is 5.49. The van der Waals surface area contributed by atoms with Gasteiger partial charge < -0.3 is 0 Å². The number of rotatable bonds is 8. The molecule has 0 radical (unpaired) electrons. The highest BCUT2D eigenvalue weighted by atomic mass is 15.3. The molecule has 1 aromatic carbocycles. The van der Waals surface area contributed by atoms with Crippen molar-refractivity contribution >= 4 is 0 Å². The van der Waals surface area contributed by atoms with Gasteiger partial charge in [-0.05, 0) is 31.7 Å². The quantitative estimate of drug-likeness (QED) is 0.575. The van der Waals surface area contributed by atoms with E-state index in [9.17, 15) is 0 Å². The van der Waals surface area contributed by atoms with Crippen LogP contribution in [0.3, 0.4) is 0 Å². The lowest BCUT2D eigenvalue weighted by Gasteiger charge is -2.16. The van der Waals surface area contributed by atoms with Crippen LogP contribution in [0.2, 0.25) is 0 Å². The Hall–Kier alpha value is -1.72. The Morgan fingerprint density at radius 3 is 2.95 bits per heavy atom. The highest BCUT2D eigenvalue weighted by Gasteiger charge is 2.12. The third-order valence-corrected chi connectivity index (χ3v) is 3.66. The number of nitrogens with two attached hydrogens (primary N) is 1. The topological polar surface area (TPSA) is 68.8 Å². The van der Waals surface area contributed by atoms with E-state index in [1.165, 1.54) is 11.1 Å². The molecule has 5 heteroatoms. The van der Waals surface area contributed by atoms with E-state index in [-0.39, 0.29) is 6.04 Å². The number of hydrogen-bond donors (Lipinski definition) is 2. The largest absolute Gasteiger partial charge is 0.271 e. The minimum absolute atomic E-state index is 0.213. The number of hydrogen-bond acceptors (Lipinski definition) is 4. The third kappa shape index (κ3) is 4.65. The molecule has 1 unspecified atom stereocenters. The zero-order chi connectivity index (χ0) is 15.1. The minimum Gasteiger partial charge on any atom is -0.271 e. The minimum atomic E-state index is 0.213. The van der Waals surface area contributed by atoms with Gasteiger partial charge in [-0.15, -0.1) is 0 Å². The van der Waals surface area contributed by atoms with Crippen LogP contribution in [0.1, 0.15) is 36.7 Å². The van der Waals surface area contributed by atoms with Crippen LogP contribution in [0, 0.1) is 6.92 Å². The second-order valence-electron chi connectivity index (χ2n) is 5.49. The molecule has 0 aliphatic rings. The number of nitrogens with one attached hydrogen (secondary N) is 1. The molecule has 21 heavy (non-hydrogen) atoms. The van der Waals surface area contributed by atoms with Crippen molar-refractivity contribution in [2.24, 2.45) is 5.84 Å². The summed E-state index contributed by atoms with van der Waals surface area (Å²) < 4.78 is 1.97. The molecule has 0 amide bonds. The summed E-state index contributed by atoms with van der Waals surface area (Å²) in [6.45, 7) is 5.17. The van der Waals surface area contributed by atoms with Gasteiger partial charge in [-0.2, -0.15) is 5.10 Å². The molecule has 0 fully saturated rings. The standard InChI is InChI=1S/C16H25N5/c1-3-9-21-16(18-12-19-21)11-15(20-17)8-7-14-6-4-5-13(2)10-14/h4-6,10,12,15,20H,3,7-9,11,17H2,1-2H3. The molecule has 2 rings (SSSR count). The second kappa shape index (κ2) is 7.90. The number of hydrazine groups is 1. The first-order valence-electron chi connectivity index (χ1n) is 7.61. The Morgan fingerprint density at radius 1 is 1.38 bits per heavy atom. The van der Waals surface area contributed by atoms with Gasteiger partial charge in [0, 0.05) is 19.0 Å². The van der Waals surface area contributed by atoms with Crippen molar-refractivity contribution in [3.05, 3.63) is 47.5 Å². The molecule has 3 N–H and O–H groups in total. The molecule has 5 nitrogen and oxygen atoms in total. The predicted molar refractivity (Wildman–Crippen MR) is 84.6 cm³/mol. The maximum absolute atomic E-state index is 5.70. The molecule has 0 saturated heterocycles. The van der Waals surface area contributed by atoms with Crippen LogP contribution in [-0.4, -0.2) is 20.8 Å². The summed E-state index contributed by atoms with van der Waals surface area (Å²) in [6, 6.07) is 8.83. The fourth-order valence-electron chi connectivity index (χ4n) is 2.52. The first-order chi connectivity index (χ1) is 10.2. The van der Waals surface area contributed by atoms with E-state index < -0.39 is 0 Å². The highest BCUT2D eigenvalue weighted by Crippen LogP contribution is 2.10. The molecule has 2 aromatic rings. The number of aromatic nitrogens is 3. The molecule has 1 atom stereocenters. The van der Waals surface area contributed by atoms with Gasteiger partial charge in [-0.3, -0.25) is 16.0 Å². The van der Waals surface area contributed by atoms with E-state index >= 15 is 0 Å². The summed E-state index contributed by atoms with van der Waals surface area (Å²) in [4.78, 5) is 4.35. The monoisotopic (exact) mass is 287 g/mol. The van der Waals surface area contributed by atoms with Gasteiger partial charge in [0.1, 0.15) is 12.2 Å². The maximum Gasteiger partial charge on any atom is 0.138 e. The molecule has 0 saturated carbocycles. The molecule has 0 aliphatic heterocycles. The lowest BCUT2D eigenvalue weighted by atomic mass is 10.0. The summed E-state index contributed by atoms with van der Waals surface area (Å²) in [5, 5.41) is 4.26. The Bertz CT molecular complexity index is 549. The smallest absolute Gasteiger partial charge is 0.138 e. The highest BCUT2D eigenvalue weighted by molar-refractivity contribution is 5.22. The van der Waals surface area contributed by atoms with Crippen molar-refractivity contribution in [1.29, 1.82) is 0 Å².